The van der Waals surface area contributed by atoms with Crippen LogP contribution < -0.4 is 5.32 Å². The zero-order valence-corrected chi connectivity index (χ0v) is 9.71. The van der Waals surface area contributed by atoms with Crippen LogP contribution in [0.5, 0.6) is 0 Å². The minimum atomic E-state index is -1.13. The number of hydrogen-bond acceptors (Lipinski definition) is 6. The quantitative estimate of drug-likeness (QED) is 0.757. The Balaban J connectivity index is 2.69. The Morgan fingerprint density at radius 2 is 2.38 bits per heavy atom. The number of nitrogens with one attached hydrogen (secondary N) is 1. The molecule has 0 saturated heterocycles. The summed E-state index contributed by atoms with van der Waals surface area (Å²) in [6, 6.07) is -0.599. The maximum atomic E-state index is 11.3. The molecule has 1 rings (SSSR count). The minimum Gasteiger partial charge on any atom is -0.476 e. The summed E-state index contributed by atoms with van der Waals surface area (Å²) in [6.45, 7) is 3.60. The number of anilines is 1. The second-order valence-electron chi connectivity index (χ2n) is 2.95. The number of carboxylic acid groups (broad SMARTS) is 1. The van der Waals surface area contributed by atoms with Crippen molar-refractivity contribution < 1.29 is 19.4 Å². The molecule has 0 amide bonds. The topological polar surface area (TPSA) is 88.5 Å². The Bertz CT molecular complexity index is 391. The van der Waals surface area contributed by atoms with E-state index in [1.165, 1.54) is 5.51 Å². The van der Waals surface area contributed by atoms with Crippen molar-refractivity contribution in [3.8, 4) is 0 Å². The predicted octanol–water partition coefficient (Wildman–Crippen LogP) is 1.20. The van der Waals surface area contributed by atoms with Gasteiger partial charge in [0.05, 0.1) is 12.1 Å². The van der Waals surface area contributed by atoms with Crippen LogP contribution in [0.1, 0.15) is 24.3 Å². The second-order valence-corrected chi connectivity index (χ2v) is 3.81. The van der Waals surface area contributed by atoms with Gasteiger partial charge in [-0.15, -0.1) is 11.3 Å². The third kappa shape index (κ3) is 2.93. The summed E-state index contributed by atoms with van der Waals surface area (Å²) in [5.41, 5.74) is 1.32. The van der Waals surface area contributed by atoms with Crippen molar-refractivity contribution in [3.05, 3.63) is 11.2 Å². The molecule has 1 aromatic heterocycles. The van der Waals surface area contributed by atoms with Gasteiger partial charge in [-0.2, -0.15) is 0 Å². The Hall–Kier alpha value is -1.63. The van der Waals surface area contributed by atoms with E-state index in [2.05, 4.69) is 10.3 Å². The Labute approximate surface area is 96.3 Å². The first kappa shape index (κ1) is 12.4. The molecule has 88 valence electrons. The van der Waals surface area contributed by atoms with Crippen LogP contribution in [0, 0.1) is 0 Å². The van der Waals surface area contributed by atoms with Gasteiger partial charge in [0.1, 0.15) is 11.0 Å². The Morgan fingerprint density at radius 3 is 2.94 bits per heavy atom. The molecule has 0 radical (unpaired) electrons. The van der Waals surface area contributed by atoms with Gasteiger partial charge >= 0.3 is 11.9 Å². The number of aromatic nitrogens is 1. The number of hydrogen-bond donors (Lipinski definition) is 2. The molecular weight excluding hydrogens is 232 g/mol. The van der Waals surface area contributed by atoms with Crippen molar-refractivity contribution in [3.63, 3.8) is 0 Å². The molecule has 0 aliphatic rings. The second kappa shape index (κ2) is 5.45. The number of nitrogens with zero attached hydrogens (tertiary/aromatic N) is 1. The summed E-state index contributed by atoms with van der Waals surface area (Å²) in [5, 5.41) is 11.9. The zero-order chi connectivity index (χ0) is 12.1. The van der Waals surface area contributed by atoms with Gasteiger partial charge < -0.3 is 15.2 Å². The number of rotatable bonds is 5. The summed E-state index contributed by atoms with van der Waals surface area (Å²) >= 11 is 1.13. The van der Waals surface area contributed by atoms with E-state index in [1.807, 2.05) is 0 Å². The molecule has 16 heavy (non-hydrogen) atoms. The number of carbonyl (C=O) groups excluding carboxylic acids is 1. The van der Waals surface area contributed by atoms with Crippen molar-refractivity contribution in [1.29, 1.82) is 0 Å². The van der Waals surface area contributed by atoms with Crippen LogP contribution in [0.15, 0.2) is 5.51 Å². The number of aromatic carboxylic acids is 1. The highest BCUT2D eigenvalue weighted by Crippen LogP contribution is 2.21. The number of carboxylic acids is 1. The maximum absolute atomic E-state index is 11.3. The largest absolute Gasteiger partial charge is 0.476 e. The first-order chi connectivity index (χ1) is 7.56. The summed E-state index contributed by atoms with van der Waals surface area (Å²) in [5.74, 6) is -1.55. The van der Waals surface area contributed by atoms with Gasteiger partial charge in [0.25, 0.3) is 0 Å². The lowest BCUT2D eigenvalue weighted by atomic mass is 10.3. The van der Waals surface area contributed by atoms with E-state index < -0.39 is 18.0 Å². The van der Waals surface area contributed by atoms with Crippen molar-refractivity contribution in [2.24, 2.45) is 0 Å². The van der Waals surface area contributed by atoms with Crippen molar-refractivity contribution >= 4 is 28.3 Å². The van der Waals surface area contributed by atoms with Crippen LogP contribution in [-0.4, -0.2) is 34.7 Å². The van der Waals surface area contributed by atoms with Gasteiger partial charge in [0.15, 0.2) is 5.69 Å². The average molecular weight is 244 g/mol. The molecule has 2 N–H and O–H groups in total. The highest BCUT2D eigenvalue weighted by molar-refractivity contribution is 7.14. The lowest BCUT2D eigenvalue weighted by Crippen LogP contribution is -2.28. The molecule has 0 fully saturated rings. The third-order valence-corrected chi connectivity index (χ3v) is 2.52. The van der Waals surface area contributed by atoms with Gasteiger partial charge in [-0.3, -0.25) is 0 Å². The molecule has 0 aromatic carbocycles. The molecule has 0 bridgehead atoms. The van der Waals surface area contributed by atoms with Crippen LogP contribution in [0.3, 0.4) is 0 Å². The Kier molecular flexibility index (Phi) is 4.24. The predicted molar refractivity (Wildman–Crippen MR) is 58.8 cm³/mol. The number of carbonyl (C=O) groups is 2. The first-order valence-corrected chi connectivity index (χ1v) is 5.54. The van der Waals surface area contributed by atoms with Crippen LogP contribution in [0.4, 0.5) is 5.00 Å². The molecular formula is C9H12N2O4S. The smallest absolute Gasteiger partial charge is 0.357 e. The maximum Gasteiger partial charge on any atom is 0.357 e. The average Bonchev–Trinajstić information content (AvgIpc) is 2.66. The molecule has 0 aliphatic heterocycles. The molecule has 1 aromatic rings. The zero-order valence-electron chi connectivity index (χ0n) is 8.89. The van der Waals surface area contributed by atoms with E-state index in [0.717, 1.165) is 11.3 Å². The molecule has 1 atom stereocenters. The fourth-order valence-electron chi connectivity index (χ4n) is 1.02. The number of ether oxygens (including phenoxy) is 1. The standard InChI is InChI=1S/C9H12N2O4S/c1-3-15-9(14)5(2)11-7-6(8(12)13)10-4-16-7/h4-5,11H,3H2,1-2H3,(H,12,13). The van der Waals surface area contributed by atoms with Crippen LogP contribution >= 0.6 is 11.3 Å². The molecule has 0 aliphatic carbocycles. The van der Waals surface area contributed by atoms with E-state index >= 15 is 0 Å². The third-order valence-electron chi connectivity index (χ3n) is 1.76. The SMILES string of the molecule is CCOC(=O)C(C)Nc1scnc1C(=O)O. The van der Waals surface area contributed by atoms with Crippen molar-refractivity contribution in [2.45, 2.75) is 19.9 Å². The lowest BCUT2D eigenvalue weighted by Gasteiger charge is -2.12. The molecule has 0 saturated carbocycles. The van der Waals surface area contributed by atoms with E-state index in [9.17, 15) is 9.59 Å². The van der Waals surface area contributed by atoms with Gasteiger partial charge in [0.2, 0.25) is 0 Å². The van der Waals surface area contributed by atoms with Gasteiger partial charge in [0, 0.05) is 0 Å². The molecule has 0 spiro atoms. The monoisotopic (exact) mass is 244 g/mol. The molecule has 1 heterocycles. The van der Waals surface area contributed by atoms with Gasteiger partial charge in [-0.25, -0.2) is 14.6 Å². The summed E-state index contributed by atoms with van der Waals surface area (Å²) in [4.78, 5) is 25.7. The van der Waals surface area contributed by atoms with E-state index in [4.69, 9.17) is 9.84 Å². The van der Waals surface area contributed by atoms with Gasteiger partial charge in [-0.1, -0.05) is 0 Å². The van der Waals surface area contributed by atoms with Gasteiger partial charge in [-0.05, 0) is 13.8 Å². The first-order valence-electron chi connectivity index (χ1n) is 4.66. The van der Waals surface area contributed by atoms with Crippen molar-refractivity contribution in [2.75, 3.05) is 11.9 Å². The van der Waals surface area contributed by atoms with E-state index in [0.29, 0.717) is 11.6 Å². The fraction of sp³-hybridized carbons (Fsp3) is 0.444. The fourth-order valence-corrected chi connectivity index (χ4v) is 1.78. The van der Waals surface area contributed by atoms with Crippen molar-refractivity contribution in [1.82, 2.24) is 4.98 Å². The molecule has 1 unspecified atom stereocenters. The van der Waals surface area contributed by atoms with Crippen LogP contribution in [0.2, 0.25) is 0 Å². The van der Waals surface area contributed by atoms with Crippen LogP contribution in [-0.2, 0) is 9.53 Å². The summed E-state index contributed by atoms with van der Waals surface area (Å²) in [6.07, 6.45) is 0. The molecule has 6 nitrogen and oxygen atoms in total. The number of thiazole rings is 1. The van der Waals surface area contributed by atoms with Crippen LogP contribution in [0.25, 0.3) is 0 Å². The Morgan fingerprint density at radius 1 is 1.69 bits per heavy atom. The normalized spacial score (nSPS) is 11.9. The highest BCUT2D eigenvalue weighted by atomic mass is 32.1. The summed E-state index contributed by atoms with van der Waals surface area (Å²) < 4.78 is 4.79. The lowest BCUT2D eigenvalue weighted by molar-refractivity contribution is -0.143. The summed E-state index contributed by atoms with van der Waals surface area (Å²) in [7, 11) is 0. The van der Waals surface area contributed by atoms with E-state index in [1.54, 1.807) is 13.8 Å². The number of esters is 1. The molecule has 7 heteroatoms. The highest BCUT2D eigenvalue weighted by Gasteiger charge is 2.19. The minimum absolute atomic E-state index is 0.0823. The van der Waals surface area contributed by atoms with E-state index in [-0.39, 0.29) is 5.69 Å².